The van der Waals surface area contributed by atoms with Crippen molar-refractivity contribution >= 4 is 27.4 Å². The lowest BCUT2D eigenvalue weighted by Crippen LogP contribution is -2.26. The fourth-order valence-corrected chi connectivity index (χ4v) is 3.61. The van der Waals surface area contributed by atoms with E-state index in [1.807, 2.05) is 0 Å². The molecule has 138 valence electrons. The van der Waals surface area contributed by atoms with Crippen LogP contribution in [-0.4, -0.2) is 31.3 Å². The highest BCUT2D eigenvalue weighted by Gasteiger charge is 2.22. The van der Waals surface area contributed by atoms with Gasteiger partial charge in [0.25, 0.3) is 15.9 Å². The Hall–Kier alpha value is -3.46. The molecule has 0 radical (unpaired) electrons. The summed E-state index contributed by atoms with van der Waals surface area (Å²) in [6.45, 7) is 0. The van der Waals surface area contributed by atoms with Gasteiger partial charge in [-0.2, -0.15) is 0 Å². The van der Waals surface area contributed by atoms with E-state index in [-0.39, 0.29) is 16.3 Å². The number of carbonyl (C=O) groups excluding carboxylic acids is 1. The first-order valence-electron chi connectivity index (χ1n) is 7.88. The van der Waals surface area contributed by atoms with Gasteiger partial charge in [-0.3, -0.25) is 14.1 Å². The summed E-state index contributed by atoms with van der Waals surface area (Å²) in [5.74, 6) is -0.397. The van der Waals surface area contributed by atoms with Gasteiger partial charge >= 0.3 is 5.69 Å². The number of nitrogens with zero attached hydrogens (tertiary/aromatic N) is 2. The third-order valence-electron chi connectivity index (χ3n) is 3.80. The number of H-pyrrole nitrogens is 1. The van der Waals surface area contributed by atoms with Gasteiger partial charge in [0.1, 0.15) is 5.82 Å². The molecule has 0 fully saturated rings. The van der Waals surface area contributed by atoms with Crippen LogP contribution in [0.1, 0.15) is 10.4 Å². The summed E-state index contributed by atoms with van der Waals surface area (Å²) in [4.78, 5) is 29.4. The van der Waals surface area contributed by atoms with Gasteiger partial charge < -0.3 is 5.32 Å². The van der Waals surface area contributed by atoms with Crippen molar-refractivity contribution < 1.29 is 13.2 Å². The molecule has 0 bridgehead atoms. The molecule has 3 rings (SSSR count). The third-order valence-corrected chi connectivity index (χ3v) is 5.58. The SMILES string of the molecule is CN(c1ccccc1)S(=O)(=O)c1cccc(C(=O)Nc2ccnc(=O)[nH]2)c1. The lowest BCUT2D eigenvalue weighted by Gasteiger charge is -2.19. The first-order chi connectivity index (χ1) is 12.9. The molecule has 1 aromatic heterocycles. The topological polar surface area (TPSA) is 112 Å². The number of carbonyl (C=O) groups is 1. The molecule has 0 unspecified atom stereocenters. The van der Waals surface area contributed by atoms with Gasteiger partial charge in [0.15, 0.2) is 0 Å². The quantitative estimate of drug-likeness (QED) is 0.697. The number of rotatable bonds is 5. The van der Waals surface area contributed by atoms with Crippen LogP contribution in [0.4, 0.5) is 11.5 Å². The number of aromatic amines is 1. The summed E-state index contributed by atoms with van der Waals surface area (Å²) in [6.07, 6.45) is 1.25. The minimum absolute atomic E-state index is 0.0234. The van der Waals surface area contributed by atoms with Gasteiger partial charge in [0.2, 0.25) is 0 Å². The Balaban J connectivity index is 1.88. The standard InChI is InChI=1S/C18H16N4O4S/c1-22(14-7-3-2-4-8-14)27(25,26)15-9-5-6-13(12-15)17(23)20-16-10-11-19-18(24)21-16/h2-12H,1H3,(H2,19,20,21,23,24). The molecule has 0 aliphatic heterocycles. The summed E-state index contributed by atoms with van der Waals surface area (Å²) in [6, 6.07) is 15.7. The van der Waals surface area contributed by atoms with Gasteiger partial charge in [0.05, 0.1) is 10.6 Å². The molecule has 0 atom stereocenters. The van der Waals surface area contributed by atoms with E-state index in [0.717, 1.165) is 4.31 Å². The highest BCUT2D eigenvalue weighted by Crippen LogP contribution is 2.22. The maximum absolute atomic E-state index is 12.8. The average Bonchev–Trinajstić information content (AvgIpc) is 2.68. The number of amides is 1. The summed E-state index contributed by atoms with van der Waals surface area (Å²) in [7, 11) is -2.40. The fourth-order valence-electron chi connectivity index (χ4n) is 2.37. The number of hydrogen-bond donors (Lipinski definition) is 2. The van der Waals surface area contributed by atoms with E-state index in [9.17, 15) is 18.0 Å². The lowest BCUT2D eigenvalue weighted by atomic mass is 10.2. The van der Waals surface area contributed by atoms with Crippen molar-refractivity contribution in [3.05, 3.63) is 82.9 Å². The van der Waals surface area contributed by atoms with E-state index in [1.54, 1.807) is 30.3 Å². The second-order valence-electron chi connectivity index (χ2n) is 5.58. The number of anilines is 2. The maximum atomic E-state index is 12.8. The Morgan fingerprint density at radius 2 is 1.81 bits per heavy atom. The van der Waals surface area contributed by atoms with Crippen molar-refractivity contribution in [2.75, 3.05) is 16.7 Å². The smallest absolute Gasteiger partial charge is 0.308 e. The Morgan fingerprint density at radius 1 is 1.07 bits per heavy atom. The molecular formula is C18H16N4O4S. The molecule has 0 saturated heterocycles. The fraction of sp³-hybridized carbons (Fsp3) is 0.0556. The first-order valence-corrected chi connectivity index (χ1v) is 9.33. The molecule has 9 heteroatoms. The average molecular weight is 384 g/mol. The van der Waals surface area contributed by atoms with Gasteiger partial charge in [-0.05, 0) is 36.4 Å². The van der Waals surface area contributed by atoms with E-state index >= 15 is 0 Å². The second kappa shape index (κ2) is 7.42. The van der Waals surface area contributed by atoms with Gasteiger partial charge in [0, 0.05) is 18.8 Å². The number of hydrogen-bond acceptors (Lipinski definition) is 5. The zero-order chi connectivity index (χ0) is 19.4. The van der Waals surface area contributed by atoms with Crippen LogP contribution in [0.3, 0.4) is 0 Å². The zero-order valence-corrected chi connectivity index (χ0v) is 15.1. The van der Waals surface area contributed by atoms with Gasteiger partial charge in [-0.1, -0.05) is 24.3 Å². The van der Waals surface area contributed by atoms with Crippen LogP contribution in [0, 0.1) is 0 Å². The third kappa shape index (κ3) is 4.04. The molecule has 0 saturated carbocycles. The minimum atomic E-state index is -3.84. The Labute approximate surface area is 155 Å². The van der Waals surface area contributed by atoms with Crippen molar-refractivity contribution in [3.63, 3.8) is 0 Å². The Morgan fingerprint density at radius 3 is 2.52 bits per heavy atom. The summed E-state index contributed by atoms with van der Waals surface area (Å²) >= 11 is 0. The van der Waals surface area contributed by atoms with Crippen LogP contribution in [0.5, 0.6) is 0 Å². The Kier molecular flexibility index (Phi) is 5.04. The van der Waals surface area contributed by atoms with Crippen LogP contribution in [0.15, 0.2) is 76.6 Å². The van der Waals surface area contributed by atoms with Crippen LogP contribution in [0.2, 0.25) is 0 Å². The zero-order valence-electron chi connectivity index (χ0n) is 14.3. The van der Waals surface area contributed by atoms with E-state index < -0.39 is 21.6 Å². The molecule has 0 aliphatic rings. The summed E-state index contributed by atoms with van der Waals surface area (Å²) < 4.78 is 26.8. The van der Waals surface area contributed by atoms with Crippen LogP contribution in [-0.2, 0) is 10.0 Å². The first kappa shape index (κ1) is 18.3. The summed E-state index contributed by atoms with van der Waals surface area (Å²) in [5.41, 5.74) is 0.0329. The number of sulfonamides is 1. The van der Waals surface area contributed by atoms with Crippen LogP contribution >= 0.6 is 0 Å². The van der Waals surface area contributed by atoms with Crippen molar-refractivity contribution in [2.45, 2.75) is 4.90 Å². The minimum Gasteiger partial charge on any atom is -0.308 e. The maximum Gasteiger partial charge on any atom is 0.346 e. The van der Waals surface area contributed by atoms with Crippen molar-refractivity contribution in [2.24, 2.45) is 0 Å². The number of benzene rings is 2. The largest absolute Gasteiger partial charge is 0.346 e. The Bertz CT molecular complexity index is 1130. The molecular weight excluding hydrogens is 368 g/mol. The molecule has 1 amide bonds. The number of nitrogens with one attached hydrogen (secondary N) is 2. The normalized spacial score (nSPS) is 11.0. The van der Waals surface area contributed by atoms with Crippen molar-refractivity contribution in [1.29, 1.82) is 0 Å². The molecule has 3 aromatic rings. The second-order valence-corrected chi connectivity index (χ2v) is 7.55. The molecule has 1 heterocycles. The van der Waals surface area contributed by atoms with Crippen molar-refractivity contribution in [3.8, 4) is 0 Å². The lowest BCUT2D eigenvalue weighted by molar-refractivity contribution is 0.102. The molecule has 0 spiro atoms. The monoisotopic (exact) mass is 384 g/mol. The van der Waals surface area contributed by atoms with Crippen LogP contribution in [0.25, 0.3) is 0 Å². The van der Waals surface area contributed by atoms with E-state index in [0.29, 0.717) is 5.69 Å². The van der Waals surface area contributed by atoms with Crippen LogP contribution < -0.4 is 15.3 Å². The van der Waals surface area contributed by atoms with Gasteiger partial charge in [-0.15, -0.1) is 0 Å². The van der Waals surface area contributed by atoms with E-state index in [4.69, 9.17) is 0 Å². The van der Waals surface area contributed by atoms with E-state index in [2.05, 4.69) is 15.3 Å². The summed E-state index contributed by atoms with van der Waals surface area (Å²) in [5, 5.41) is 2.50. The van der Waals surface area contributed by atoms with E-state index in [1.165, 1.54) is 43.6 Å². The number of para-hydroxylation sites is 1. The molecule has 2 N–H and O–H groups in total. The molecule has 0 aliphatic carbocycles. The molecule has 27 heavy (non-hydrogen) atoms. The molecule has 8 nitrogen and oxygen atoms in total. The predicted molar refractivity (Wildman–Crippen MR) is 101 cm³/mol. The van der Waals surface area contributed by atoms with Crippen molar-refractivity contribution in [1.82, 2.24) is 9.97 Å². The predicted octanol–water partition coefficient (Wildman–Crippen LogP) is 1.85. The number of aromatic nitrogens is 2. The highest BCUT2D eigenvalue weighted by atomic mass is 32.2. The molecule has 2 aromatic carbocycles. The van der Waals surface area contributed by atoms with Gasteiger partial charge in [-0.25, -0.2) is 18.2 Å². The highest BCUT2D eigenvalue weighted by molar-refractivity contribution is 7.92.